The van der Waals surface area contributed by atoms with Crippen molar-refractivity contribution in [2.24, 2.45) is 0 Å². The molecule has 0 aromatic rings. The van der Waals surface area contributed by atoms with Crippen LogP contribution in [0.5, 0.6) is 0 Å². The fourth-order valence-corrected chi connectivity index (χ4v) is 0. The molecule has 0 atom stereocenters. The van der Waals surface area contributed by atoms with E-state index in [0.717, 1.165) is 6.92 Å². The first-order valence-electron chi connectivity index (χ1n) is 1.44. The summed E-state index contributed by atoms with van der Waals surface area (Å²) in [5.41, 5.74) is 0. The van der Waals surface area contributed by atoms with Gasteiger partial charge in [-0.25, -0.2) is 0 Å². The van der Waals surface area contributed by atoms with Crippen LogP contribution in [-0.4, -0.2) is 9.80 Å². The molecular weight excluding hydrogens is 147 g/mol. The molecule has 0 aliphatic carbocycles. The summed E-state index contributed by atoms with van der Waals surface area (Å²) in [5.74, 6) is 0. The number of halogens is 4. The minimum absolute atomic E-state index is 0.968. The summed E-state index contributed by atoms with van der Waals surface area (Å²) in [7, 11) is 0. The van der Waals surface area contributed by atoms with Crippen molar-refractivity contribution in [1.29, 1.82) is 0 Å². The van der Waals surface area contributed by atoms with Crippen LogP contribution in [0.1, 0.15) is 6.92 Å². The summed E-state index contributed by atoms with van der Waals surface area (Å²) < 4.78 is 20.2. The van der Waals surface area contributed by atoms with E-state index >= 15 is 0 Å². The highest BCUT2D eigenvalue weighted by atomic mass is 35.5. The summed E-state index contributed by atoms with van der Waals surface area (Å²) in [4.78, 5) is 0. The summed E-state index contributed by atoms with van der Waals surface area (Å²) in [6, 6.07) is 0. The van der Waals surface area contributed by atoms with Gasteiger partial charge in [0.15, 0.2) is 0 Å². The number of hydrogen-bond donors (Lipinski definition) is 0. The molecule has 44 valence electrons. The zero-order valence-electron chi connectivity index (χ0n) is 3.46. The Labute approximate surface area is 49.7 Å². The molecule has 0 heterocycles. The number of rotatable bonds is 1. The average Bonchev–Trinajstić information content (AvgIpc) is 1.31. The molecule has 5 heteroatoms. The molecule has 0 aromatic carbocycles. The maximum absolute atomic E-state index is 11.1. The maximum atomic E-state index is 11.1. The zero-order valence-corrected chi connectivity index (χ0v) is 4.97. The van der Waals surface area contributed by atoms with Crippen molar-refractivity contribution in [3.63, 3.8) is 0 Å². The normalized spacial score (nSPS) is 12.9. The lowest BCUT2D eigenvalue weighted by molar-refractivity contribution is -0.174. The third-order valence-electron chi connectivity index (χ3n) is 0.297. The molecule has 0 saturated carbocycles. The second-order valence-electron chi connectivity index (χ2n) is 1.07. The SMILES string of the molecule is CC(Cl)(Cl)N(F)F. The Morgan fingerprint density at radius 1 is 1.43 bits per heavy atom. The van der Waals surface area contributed by atoms with E-state index in [1.807, 2.05) is 0 Å². The van der Waals surface area contributed by atoms with Gasteiger partial charge in [-0.05, 0) is 6.92 Å². The fourth-order valence-electron chi connectivity index (χ4n) is 0. The summed E-state index contributed by atoms with van der Waals surface area (Å²) in [6.45, 7) is 0.968. The van der Waals surface area contributed by atoms with Crippen molar-refractivity contribution in [2.75, 3.05) is 0 Å². The molecule has 0 unspecified atom stereocenters. The van der Waals surface area contributed by atoms with Gasteiger partial charge in [0, 0.05) is 0 Å². The van der Waals surface area contributed by atoms with Crippen molar-refractivity contribution in [2.45, 2.75) is 11.4 Å². The molecular formula is C2H3Cl2F2N. The highest BCUT2D eigenvalue weighted by Crippen LogP contribution is 2.25. The first kappa shape index (κ1) is 7.40. The molecule has 0 spiro atoms. The van der Waals surface area contributed by atoms with E-state index < -0.39 is 9.80 Å². The number of hydrogen-bond acceptors (Lipinski definition) is 1. The van der Waals surface area contributed by atoms with Crippen LogP contribution in [0, 0.1) is 0 Å². The van der Waals surface area contributed by atoms with Gasteiger partial charge in [-0.3, -0.25) is 0 Å². The summed E-state index contributed by atoms with van der Waals surface area (Å²) in [6.07, 6.45) is 0. The van der Waals surface area contributed by atoms with E-state index in [0.29, 0.717) is 0 Å². The Hall–Kier alpha value is 0.400. The monoisotopic (exact) mass is 149 g/mol. The van der Waals surface area contributed by atoms with E-state index in [9.17, 15) is 8.96 Å². The fraction of sp³-hybridized carbons (Fsp3) is 1.00. The van der Waals surface area contributed by atoms with Crippen LogP contribution in [0.3, 0.4) is 0 Å². The molecule has 0 aliphatic rings. The van der Waals surface area contributed by atoms with E-state index in [-0.39, 0.29) is 0 Å². The van der Waals surface area contributed by atoms with Gasteiger partial charge in [0.2, 0.25) is 4.46 Å². The molecule has 0 aliphatic heterocycles. The van der Waals surface area contributed by atoms with Gasteiger partial charge in [-0.1, -0.05) is 32.2 Å². The standard InChI is InChI=1S/C2H3Cl2F2N/c1-2(3,4)7(5)6/h1H3. The third kappa shape index (κ3) is 3.02. The van der Waals surface area contributed by atoms with Gasteiger partial charge in [-0.2, -0.15) is 0 Å². The lowest BCUT2D eigenvalue weighted by atomic mass is 10.8. The predicted octanol–water partition coefficient (Wildman–Crippen LogP) is 2.21. The minimum Gasteiger partial charge on any atom is -0.0983 e. The number of nitrogens with zero attached hydrogens (tertiary/aromatic N) is 1. The summed E-state index contributed by atoms with van der Waals surface area (Å²) >= 11 is 9.62. The average molecular weight is 150 g/mol. The molecule has 0 saturated heterocycles. The summed E-state index contributed by atoms with van der Waals surface area (Å²) in [5, 5.41) is -1.28. The lowest BCUT2D eigenvalue weighted by Crippen LogP contribution is -2.21. The zero-order chi connectivity index (χ0) is 6.08. The van der Waals surface area contributed by atoms with Crippen LogP contribution in [0.2, 0.25) is 0 Å². The molecule has 0 amide bonds. The molecule has 7 heavy (non-hydrogen) atoms. The Bertz CT molecular complexity index is 59.2. The Kier molecular flexibility index (Phi) is 2.23. The van der Waals surface area contributed by atoms with Gasteiger partial charge < -0.3 is 0 Å². The van der Waals surface area contributed by atoms with E-state index in [1.165, 1.54) is 0 Å². The van der Waals surface area contributed by atoms with Crippen LogP contribution in [0.4, 0.5) is 8.96 Å². The van der Waals surface area contributed by atoms with Gasteiger partial charge in [-0.15, -0.1) is 0 Å². The first-order chi connectivity index (χ1) is 2.94. The third-order valence-corrected chi connectivity index (χ3v) is 0.552. The van der Waals surface area contributed by atoms with Crippen LogP contribution in [-0.2, 0) is 0 Å². The minimum atomic E-state index is -2.06. The van der Waals surface area contributed by atoms with Crippen LogP contribution < -0.4 is 0 Å². The van der Waals surface area contributed by atoms with E-state index in [2.05, 4.69) is 0 Å². The largest absolute Gasteiger partial charge is 0.226 e. The molecule has 1 nitrogen and oxygen atoms in total. The van der Waals surface area contributed by atoms with Crippen molar-refractivity contribution >= 4 is 23.2 Å². The van der Waals surface area contributed by atoms with Gasteiger partial charge in [0.25, 0.3) is 0 Å². The van der Waals surface area contributed by atoms with Crippen molar-refractivity contribution in [3.8, 4) is 0 Å². The van der Waals surface area contributed by atoms with E-state index in [1.54, 1.807) is 0 Å². The topological polar surface area (TPSA) is 3.24 Å². The quantitative estimate of drug-likeness (QED) is 0.314. The Morgan fingerprint density at radius 2 is 1.57 bits per heavy atom. The Balaban J connectivity index is 3.54. The molecule has 0 fully saturated rings. The van der Waals surface area contributed by atoms with Crippen molar-refractivity contribution in [1.82, 2.24) is 5.34 Å². The molecule has 0 N–H and O–H groups in total. The van der Waals surface area contributed by atoms with Gasteiger partial charge in [0.05, 0.1) is 5.34 Å². The molecule has 0 radical (unpaired) electrons. The second-order valence-corrected chi connectivity index (χ2v) is 2.74. The predicted molar refractivity (Wildman–Crippen MR) is 24.2 cm³/mol. The molecule has 0 bridgehead atoms. The highest BCUT2D eigenvalue weighted by Gasteiger charge is 2.26. The smallest absolute Gasteiger partial charge is 0.0983 e. The van der Waals surface area contributed by atoms with Gasteiger partial charge in [0.1, 0.15) is 0 Å². The second kappa shape index (κ2) is 2.11. The Morgan fingerprint density at radius 3 is 1.57 bits per heavy atom. The van der Waals surface area contributed by atoms with Crippen molar-refractivity contribution < 1.29 is 8.96 Å². The first-order valence-corrected chi connectivity index (χ1v) is 2.20. The van der Waals surface area contributed by atoms with Crippen molar-refractivity contribution in [3.05, 3.63) is 0 Å². The lowest BCUT2D eigenvalue weighted by Gasteiger charge is -2.10. The number of alkyl halides is 2. The van der Waals surface area contributed by atoms with Crippen LogP contribution >= 0.6 is 23.2 Å². The van der Waals surface area contributed by atoms with Crippen LogP contribution in [0.25, 0.3) is 0 Å². The molecule has 0 rings (SSSR count). The maximum Gasteiger partial charge on any atom is 0.226 e. The molecule has 0 aromatic heterocycles. The van der Waals surface area contributed by atoms with Crippen LogP contribution in [0.15, 0.2) is 0 Å². The highest BCUT2D eigenvalue weighted by molar-refractivity contribution is 6.47. The van der Waals surface area contributed by atoms with E-state index in [4.69, 9.17) is 23.2 Å². The van der Waals surface area contributed by atoms with Gasteiger partial charge >= 0.3 is 0 Å².